The Hall–Kier alpha value is -4.13. The lowest BCUT2D eigenvalue weighted by atomic mass is 9.96. The summed E-state index contributed by atoms with van der Waals surface area (Å²) in [7, 11) is 1.66. The van der Waals surface area contributed by atoms with Gasteiger partial charge in [0, 0.05) is 25.6 Å². The Bertz CT molecular complexity index is 1430. The molecule has 0 radical (unpaired) electrons. The minimum absolute atomic E-state index is 0.0686. The van der Waals surface area contributed by atoms with E-state index in [1.807, 2.05) is 88.3 Å². The third kappa shape index (κ3) is 5.50. The maximum Gasteiger partial charge on any atom is 0.294 e. The van der Waals surface area contributed by atoms with E-state index >= 15 is 0 Å². The Morgan fingerprint density at radius 3 is 2.46 bits per heavy atom. The number of anilines is 1. The maximum atomic E-state index is 13.6. The molecule has 0 unspecified atom stereocenters. The second-order valence-electron chi connectivity index (χ2n) is 9.42. The van der Waals surface area contributed by atoms with Crippen LogP contribution in [0.4, 0.5) is 5.82 Å². The third-order valence-corrected chi connectivity index (χ3v) is 7.07. The molecule has 2 heterocycles. The van der Waals surface area contributed by atoms with Crippen LogP contribution in [0.2, 0.25) is 0 Å². The number of ether oxygens (including phenoxy) is 1. The van der Waals surface area contributed by atoms with Crippen LogP contribution in [0.15, 0.2) is 83.7 Å². The van der Waals surface area contributed by atoms with Gasteiger partial charge in [-0.3, -0.25) is 14.2 Å². The van der Waals surface area contributed by atoms with E-state index in [0.717, 1.165) is 34.3 Å². The van der Waals surface area contributed by atoms with Gasteiger partial charge in [0.2, 0.25) is 5.91 Å². The quantitative estimate of drug-likeness (QED) is 0.399. The summed E-state index contributed by atoms with van der Waals surface area (Å²) in [5, 5.41) is 3.08. The molecule has 5 rings (SSSR count). The molecule has 1 aromatic heterocycles. The van der Waals surface area contributed by atoms with Crippen molar-refractivity contribution < 1.29 is 9.53 Å². The number of hydrogen-bond donors (Lipinski definition) is 1. The fraction of sp³-hybridized carbons (Fsp3) is 0.300. The highest BCUT2D eigenvalue weighted by atomic mass is 16.5. The number of hydrogen-bond acceptors (Lipinski definition) is 5. The number of aromatic nitrogens is 2. The van der Waals surface area contributed by atoms with Gasteiger partial charge >= 0.3 is 0 Å². The zero-order valence-electron chi connectivity index (χ0n) is 21.1. The SMILES string of the molecule is COc1ccccc1CCNC(=O)C1CCN(c2nc3ccccc3n(Cc3ccccc3)c2=O)CC1. The van der Waals surface area contributed by atoms with Gasteiger partial charge in [-0.1, -0.05) is 60.7 Å². The van der Waals surface area contributed by atoms with Gasteiger partial charge in [0.05, 0.1) is 24.7 Å². The molecule has 0 aliphatic carbocycles. The molecule has 7 heteroatoms. The fourth-order valence-corrected chi connectivity index (χ4v) is 5.04. The minimum atomic E-state index is -0.0951. The van der Waals surface area contributed by atoms with Crippen LogP contribution < -0.4 is 20.5 Å². The average Bonchev–Trinajstić information content (AvgIpc) is 2.95. The Kier molecular flexibility index (Phi) is 7.49. The zero-order chi connectivity index (χ0) is 25.6. The second-order valence-corrected chi connectivity index (χ2v) is 9.42. The molecule has 1 saturated heterocycles. The van der Waals surface area contributed by atoms with Gasteiger partial charge in [0.15, 0.2) is 5.82 Å². The number of carbonyl (C=O) groups excluding carboxylic acids is 1. The van der Waals surface area contributed by atoms with Gasteiger partial charge in [0.1, 0.15) is 5.75 Å². The number of nitrogens with one attached hydrogen (secondary N) is 1. The summed E-state index contributed by atoms with van der Waals surface area (Å²) < 4.78 is 7.21. The van der Waals surface area contributed by atoms with Gasteiger partial charge in [-0.05, 0) is 48.6 Å². The molecule has 1 amide bonds. The van der Waals surface area contributed by atoms with E-state index in [2.05, 4.69) is 5.32 Å². The summed E-state index contributed by atoms with van der Waals surface area (Å²) in [4.78, 5) is 33.2. The number of benzene rings is 3. The van der Waals surface area contributed by atoms with Gasteiger partial charge in [0.25, 0.3) is 5.56 Å². The Labute approximate surface area is 216 Å². The summed E-state index contributed by atoms with van der Waals surface area (Å²) in [6, 6.07) is 25.6. The first-order chi connectivity index (χ1) is 18.1. The lowest BCUT2D eigenvalue weighted by molar-refractivity contribution is -0.125. The van der Waals surface area contributed by atoms with Crippen LogP contribution >= 0.6 is 0 Å². The van der Waals surface area contributed by atoms with Crippen molar-refractivity contribution in [3.63, 3.8) is 0 Å². The predicted octanol–water partition coefficient (Wildman–Crippen LogP) is 4.03. The molecule has 0 atom stereocenters. The molecule has 1 aliphatic rings. The lowest BCUT2D eigenvalue weighted by Crippen LogP contribution is -2.43. The number of carbonyl (C=O) groups is 1. The largest absolute Gasteiger partial charge is 0.496 e. The van der Waals surface area contributed by atoms with Crippen LogP contribution in [-0.4, -0.2) is 42.2 Å². The second kappa shape index (κ2) is 11.3. The van der Waals surface area contributed by atoms with Crippen LogP contribution in [0.1, 0.15) is 24.0 Å². The van der Waals surface area contributed by atoms with Crippen LogP contribution in [0.25, 0.3) is 11.0 Å². The van der Waals surface area contributed by atoms with Crippen molar-refractivity contribution in [1.29, 1.82) is 0 Å². The topological polar surface area (TPSA) is 76.5 Å². The van der Waals surface area contributed by atoms with Crippen LogP contribution in [0.5, 0.6) is 5.75 Å². The molecule has 1 aliphatic heterocycles. The average molecular weight is 497 g/mol. The monoisotopic (exact) mass is 496 g/mol. The summed E-state index contributed by atoms with van der Waals surface area (Å²) >= 11 is 0. The molecule has 1 fully saturated rings. The highest BCUT2D eigenvalue weighted by Crippen LogP contribution is 2.23. The van der Waals surface area contributed by atoms with Crippen LogP contribution in [0, 0.1) is 5.92 Å². The van der Waals surface area contributed by atoms with Crippen molar-refractivity contribution in [3.8, 4) is 5.75 Å². The predicted molar refractivity (Wildman–Crippen MR) is 146 cm³/mol. The van der Waals surface area contributed by atoms with Crippen molar-refractivity contribution in [2.75, 3.05) is 31.6 Å². The number of amides is 1. The Morgan fingerprint density at radius 1 is 0.973 bits per heavy atom. The van der Waals surface area contributed by atoms with Crippen molar-refractivity contribution in [2.24, 2.45) is 5.92 Å². The van der Waals surface area contributed by atoms with Crippen molar-refractivity contribution in [1.82, 2.24) is 14.9 Å². The van der Waals surface area contributed by atoms with Crippen LogP contribution in [-0.2, 0) is 17.8 Å². The molecule has 1 N–H and O–H groups in total. The Balaban J connectivity index is 1.25. The standard InChI is InChI=1S/C30H32N4O3/c1-37-27-14-8-5-11-23(27)15-18-31-29(35)24-16-19-33(20-17-24)28-30(36)34(21-22-9-3-2-4-10-22)26-13-7-6-12-25(26)32-28/h2-14,24H,15-21H2,1H3,(H,31,35). The molecular weight excluding hydrogens is 464 g/mol. The highest BCUT2D eigenvalue weighted by molar-refractivity contribution is 5.79. The van der Waals surface area contributed by atoms with Gasteiger partial charge in [-0.2, -0.15) is 0 Å². The molecular formula is C30H32N4O3. The molecule has 4 aromatic rings. The van der Waals surface area contributed by atoms with Crippen LogP contribution in [0.3, 0.4) is 0 Å². The maximum absolute atomic E-state index is 13.6. The van der Waals surface area contributed by atoms with Gasteiger partial charge in [-0.15, -0.1) is 0 Å². The molecule has 0 bridgehead atoms. The Morgan fingerprint density at radius 2 is 1.68 bits per heavy atom. The normalized spacial score (nSPS) is 14.0. The van der Waals surface area contributed by atoms with E-state index in [4.69, 9.17) is 9.72 Å². The first-order valence-electron chi connectivity index (χ1n) is 12.8. The summed E-state index contributed by atoms with van der Waals surface area (Å²) in [5.41, 5.74) is 3.67. The van der Waals surface area contributed by atoms with E-state index in [1.54, 1.807) is 7.11 Å². The van der Waals surface area contributed by atoms with E-state index in [9.17, 15) is 9.59 Å². The van der Waals surface area contributed by atoms with Crippen molar-refractivity contribution in [2.45, 2.75) is 25.8 Å². The number of fused-ring (bicyclic) bond motifs is 1. The molecule has 0 spiro atoms. The van der Waals surface area contributed by atoms with Crippen molar-refractivity contribution in [3.05, 3.63) is 100 Å². The fourth-order valence-electron chi connectivity index (χ4n) is 5.04. The first kappa shape index (κ1) is 24.6. The first-order valence-corrected chi connectivity index (χ1v) is 12.8. The number of nitrogens with zero attached hydrogens (tertiary/aromatic N) is 3. The van der Waals surface area contributed by atoms with E-state index in [-0.39, 0.29) is 17.4 Å². The lowest BCUT2D eigenvalue weighted by Gasteiger charge is -2.32. The van der Waals surface area contributed by atoms with E-state index in [1.165, 1.54) is 0 Å². The van der Waals surface area contributed by atoms with E-state index < -0.39 is 0 Å². The number of piperidine rings is 1. The van der Waals surface area contributed by atoms with Gasteiger partial charge < -0.3 is 15.0 Å². The van der Waals surface area contributed by atoms with Crippen molar-refractivity contribution >= 4 is 22.8 Å². The summed E-state index contributed by atoms with van der Waals surface area (Å²) in [6.45, 7) is 2.30. The smallest absolute Gasteiger partial charge is 0.294 e. The van der Waals surface area contributed by atoms with E-state index in [0.29, 0.717) is 44.8 Å². The highest BCUT2D eigenvalue weighted by Gasteiger charge is 2.27. The molecule has 190 valence electrons. The number of para-hydroxylation sites is 3. The minimum Gasteiger partial charge on any atom is -0.496 e. The molecule has 3 aromatic carbocycles. The third-order valence-electron chi connectivity index (χ3n) is 7.07. The number of rotatable bonds is 8. The zero-order valence-corrected chi connectivity index (χ0v) is 21.1. The number of methoxy groups -OCH3 is 1. The molecule has 0 saturated carbocycles. The summed E-state index contributed by atoms with van der Waals surface area (Å²) in [6.07, 6.45) is 2.09. The summed E-state index contributed by atoms with van der Waals surface area (Å²) in [5.74, 6) is 1.30. The molecule has 7 nitrogen and oxygen atoms in total. The van der Waals surface area contributed by atoms with Gasteiger partial charge in [-0.25, -0.2) is 4.98 Å². The molecule has 37 heavy (non-hydrogen) atoms.